The summed E-state index contributed by atoms with van der Waals surface area (Å²) in [5.74, 6) is 0.0675. The number of carbonyl (C=O) groups is 2. The number of carbonyl (C=O) groups excluding carboxylic acids is 2. The van der Waals surface area contributed by atoms with Crippen molar-refractivity contribution in [1.82, 2.24) is 4.90 Å². The van der Waals surface area contributed by atoms with Crippen molar-refractivity contribution >= 4 is 29.0 Å². The summed E-state index contributed by atoms with van der Waals surface area (Å²) in [5.41, 5.74) is 8.46. The average molecular weight is 466 g/mol. The molecule has 168 valence electrons. The molecule has 0 saturated carbocycles. The van der Waals surface area contributed by atoms with Crippen LogP contribution >= 0.6 is 11.3 Å². The number of Topliss-reactive ketones (excluding diaryl/α,β-unsaturated/α-hetero) is 1. The van der Waals surface area contributed by atoms with E-state index < -0.39 is 5.54 Å². The summed E-state index contributed by atoms with van der Waals surface area (Å²) in [5, 5.41) is 1.90. The van der Waals surface area contributed by atoms with Gasteiger partial charge < -0.3 is 5.73 Å². The molecular formula is C28H23N3O2S. The van der Waals surface area contributed by atoms with E-state index in [9.17, 15) is 9.59 Å². The highest BCUT2D eigenvalue weighted by molar-refractivity contribution is 7.12. The van der Waals surface area contributed by atoms with Gasteiger partial charge in [0, 0.05) is 6.42 Å². The van der Waals surface area contributed by atoms with Gasteiger partial charge in [0.2, 0.25) is 0 Å². The van der Waals surface area contributed by atoms with E-state index >= 15 is 0 Å². The Morgan fingerprint density at radius 3 is 2.12 bits per heavy atom. The largest absolute Gasteiger partial charge is 0.369 e. The Hall–Kier alpha value is -4.03. The van der Waals surface area contributed by atoms with Crippen molar-refractivity contribution in [2.24, 2.45) is 10.7 Å². The first-order valence-electron chi connectivity index (χ1n) is 11.0. The van der Waals surface area contributed by atoms with E-state index in [1.165, 1.54) is 16.2 Å². The lowest BCUT2D eigenvalue weighted by Gasteiger charge is -2.27. The zero-order valence-corrected chi connectivity index (χ0v) is 19.2. The third kappa shape index (κ3) is 3.93. The van der Waals surface area contributed by atoms with Crippen LogP contribution in [0.2, 0.25) is 0 Å². The zero-order valence-electron chi connectivity index (χ0n) is 18.4. The maximum Gasteiger partial charge on any atom is 0.266 e. The fourth-order valence-electron chi connectivity index (χ4n) is 4.36. The summed E-state index contributed by atoms with van der Waals surface area (Å²) in [7, 11) is 0. The van der Waals surface area contributed by atoms with E-state index in [-0.39, 0.29) is 24.2 Å². The second-order valence-corrected chi connectivity index (χ2v) is 9.15. The van der Waals surface area contributed by atoms with Gasteiger partial charge in [-0.05, 0) is 33.7 Å². The summed E-state index contributed by atoms with van der Waals surface area (Å²) in [4.78, 5) is 33.5. The van der Waals surface area contributed by atoms with Crippen molar-refractivity contribution in [2.45, 2.75) is 18.5 Å². The second kappa shape index (κ2) is 9.08. The molecular weight excluding hydrogens is 442 g/mol. The maximum atomic E-state index is 13.9. The Morgan fingerprint density at radius 2 is 1.50 bits per heavy atom. The monoisotopic (exact) mass is 465 g/mol. The number of nitrogens with zero attached hydrogens (tertiary/aromatic N) is 2. The van der Waals surface area contributed by atoms with Gasteiger partial charge in [0.25, 0.3) is 5.91 Å². The van der Waals surface area contributed by atoms with Gasteiger partial charge in [-0.15, -0.1) is 11.3 Å². The molecule has 1 amide bonds. The molecule has 2 heterocycles. The Kier molecular flexibility index (Phi) is 5.82. The molecule has 0 spiro atoms. The van der Waals surface area contributed by atoms with Crippen molar-refractivity contribution in [3.8, 4) is 0 Å². The topological polar surface area (TPSA) is 75.8 Å². The quantitative estimate of drug-likeness (QED) is 0.399. The number of benzene rings is 3. The Morgan fingerprint density at radius 1 is 0.853 bits per heavy atom. The van der Waals surface area contributed by atoms with Gasteiger partial charge in [-0.3, -0.25) is 14.5 Å². The first kappa shape index (κ1) is 21.8. The molecule has 0 atom stereocenters. The molecule has 4 aromatic rings. The molecule has 0 unspecified atom stereocenters. The highest BCUT2D eigenvalue weighted by Gasteiger charge is 2.50. The van der Waals surface area contributed by atoms with Gasteiger partial charge in [0.05, 0.1) is 11.4 Å². The molecule has 0 fully saturated rings. The van der Waals surface area contributed by atoms with Crippen LogP contribution < -0.4 is 5.73 Å². The van der Waals surface area contributed by atoms with E-state index in [0.717, 1.165) is 27.1 Å². The fraction of sp³-hybridized carbons (Fsp3) is 0.107. The molecule has 34 heavy (non-hydrogen) atoms. The van der Waals surface area contributed by atoms with Gasteiger partial charge in [-0.2, -0.15) is 0 Å². The lowest BCUT2D eigenvalue weighted by molar-refractivity contribution is -0.130. The van der Waals surface area contributed by atoms with E-state index in [4.69, 9.17) is 10.7 Å². The van der Waals surface area contributed by atoms with Gasteiger partial charge in [-0.1, -0.05) is 91.0 Å². The highest BCUT2D eigenvalue weighted by atomic mass is 32.1. The number of thiophene rings is 1. The predicted molar refractivity (Wildman–Crippen MR) is 135 cm³/mol. The first-order valence-corrected chi connectivity index (χ1v) is 11.9. The van der Waals surface area contributed by atoms with Crippen LogP contribution in [-0.2, 0) is 23.3 Å². The molecule has 6 heteroatoms. The van der Waals surface area contributed by atoms with Crippen molar-refractivity contribution in [1.29, 1.82) is 0 Å². The number of guanidine groups is 1. The van der Waals surface area contributed by atoms with Gasteiger partial charge in [0.15, 0.2) is 17.3 Å². The summed E-state index contributed by atoms with van der Waals surface area (Å²) >= 11 is 1.44. The number of aliphatic imine (C=N–C) groups is 1. The molecule has 2 N–H and O–H groups in total. The number of rotatable bonds is 7. The van der Waals surface area contributed by atoms with Crippen LogP contribution in [0.25, 0.3) is 0 Å². The summed E-state index contributed by atoms with van der Waals surface area (Å²) in [6.07, 6.45) is 0.309. The van der Waals surface area contributed by atoms with Gasteiger partial charge in [0.1, 0.15) is 0 Å². The standard InChI is InChI=1S/C28H23N3O2S/c29-27-30-28(22-11-3-1-4-12-22,23-13-5-2-6-14-23)26(33)31(27)19-21-10-7-9-20(17-21)18-24(32)25-15-8-16-34-25/h1-17H,18-19H2,(H2,29,30). The van der Waals surface area contributed by atoms with E-state index in [0.29, 0.717) is 6.42 Å². The van der Waals surface area contributed by atoms with Crippen molar-refractivity contribution < 1.29 is 9.59 Å². The summed E-state index contributed by atoms with van der Waals surface area (Å²) in [6.45, 7) is 0.274. The van der Waals surface area contributed by atoms with Crippen LogP contribution in [0.1, 0.15) is 31.9 Å². The van der Waals surface area contributed by atoms with Crippen molar-refractivity contribution in [3.63, 3.8) is 0 Å². The minimum absolute atomic E-state index is 0.0812. The van der Waals surface area contributed by atoms with Crippen LogP contribution in [0.3, 0.4) is 0 Å². The Bertz CT molecular complexity index is 1310. The van der Waals surface area contributed by atoms with E-state index in [1.807, 2.05) is 102 Å². The van der Waals surface area contributed by atoms with E-state index in [1.54, 1.807) is 0 Å². The van der Waals surface area contributed by atoms with Crippen LogP contribution in [0.5, 0.6) is 0 Å². The predicted octanol–water partition coefficient (Wildman–Crippen LogP) is 4.77. The third-order valence-corrected chi connectivity index (χ3v) is 6.90. The number of amides is 1. The number of ketones is 1. The van der Waals surface area contributed by atoms with Crippen LogP contribution in [0, 0.1) is 0 Å². The molecule has 0 bridgehead atoms. The van der Waals surface area contributed by atoms with Crippen LogP contribution in [0.4, 0.5) is 0 Å². The number of hydrogen-bond acceptors (Lipinski definition) is 5. The third-order valence-electron chi connectivity index (χ3n) is 5.99. The molecule has 0 radical (unpaired) electrons. The molecule has 1 aromatic heterocycles. The second-order valence-electron chi connectivity index (χ2n) is 8.20. The minimum atomic E-state index is -1.22. The van der Waals surface area contributed by atoms with E-state index in [2.05, 4.69) is 0 Å². The Balaban J connectivity index is 1.44. The molecule has 3 aromatic carbocycles. The normalized spacial score (nSPS) is 14.8. The SMILES string of the molecule is NC1=NC(c2ccccc2)(c2ccccc2)C(=O)N1Cc1cccc(CC(=O)c2cccs2)c1. The molecule has 0 saturated heterocycles. The zero-order chi connectivity index (χ0) is 23.5. The maximum absolute atomic E-state index is 13.9. The van der Waals surface area contributed by atoms with Gasteiger partial charge in [-0.25, -0.2) is 4.99 Å². The van der Waals surface area contributed by atoms with Gasteiger partial charge >= 0.3 is 0 Å². The van der Waals surface area contributed by atoms with Crippen molar-refractivity contribution in [2.75, 3.05) is 0 Å². The fourth-order valence-corrected chi connectivity index (χ4v) is 5.03. The van der Waals surface area contributed by atoms with Crippen LogP contribution in [0.15, 0.2) is 107 Å². The molecule has 5 nitrogen and oxygen atoms in total. The Labute approximate surface area is 202 Å². The highest BCUT2D eigenvalue weighted by Crippen LogP contribution is 2.39. The molecule has 0 aliphatic carbocycles. The minimum Gasteiger partial charge on any atom is -0.369 e. The smallest absolute Gasteiger partial charge is 0.266 e. The molecule has 1 aliphatic rings. The summed E-state index contributed by atoms with van der Waals surface area (Å²) < 4.78 is 0. The molecule has 1 aliphatic heterocycles. The van der Waals surface area contributed by atoms with Crippen LogP contribution in [-0.4, -0.2) is 22.5 Å². The summed E-state index contributed by atoms with van der Waals surface area (Å²) in [6, 6.07) is 30.5. The average Bonchev–Trinajstić information content (AvgIpc) is 3.49. The lowest BCUT2D eigenvalue weighted by Crippen LogP contribution is -2.43. The first-order chi connectivity index (χ1) is 16.6. The number of hydrogen-bond donors (Lipinski definition) is 1. The molecule has 5 rings (SSSR count). The lowest BCUT2D eigenvalue weighted by atomic mass is 9.83. The van der Waals surface area contributed by atoms with Crippen molar-refractivity contribution in [3.05, 3.63) is 130 Å². The number of nitrogens with two attached hydrogens (primary N) is 1.